The van der Waals surface area contributed by atoms with Gasteiger partial charge in [0, 0.05) is 20.1 Å². The minimum Gasteiger partial charge on any atom is -0.396 e. The standard InChI is InChI=1S/C20H22FNO2/c1-22(19(13-14-23)17-9-3-2-4-10-17)20(24)12-6-8-16-7-5-11-18(21)15-16/h2-11,15,19,23H,12-14H2,1H3/b8-6+. The minimum absolute atomic E-state index is 0.0102. The minimum atomic E-state index is -0.298. The van der Waals surface area contributed by atoms with Gasteiger partial charge in [0.2, 0.25) is 5.91 Å². The largest absolute Gasteiger partial charge is 0.396 e. The second kappa shape index (κ2) is 8.99. The van der Waals surface area contributed by atoms with E-state index in [0.29, 0.717) is 6.42 Å². The molecular weight excluding hydrogens is 305 g/mol. The zero-order valence-corrected chi connectivity index (χ0v) is 13.7. The van der Waals surface area contributed by atoms with Gasteiger partial charge in [-0.15, -0.1) is 0 Å². The van der Waals surface area contributed by atoms with Crippen LogP contribution >= 0.6 is 0 Å². The maximum Gasteiger partial charge on any atom is 0.226 e. The fourth-order valence-corrected chi connectivity index (χ4v) is 2.61. The van der Waals surface area contributed by atoms with Crippen molar-refractivity contribution in [2.45, 2.75) is 18.9 Å². The molecule has 0 aliphatic rings. The number of carbonyl (C=O) groups excluding carboxylic acids is 1. The van der Waals surface area contributed by atoms with E-state index in [9.17, 15) is 14.3 Å². The Morgan fingerprint density at radius 1 is 1.21 bits per heavy atom. The van der Waals surface area contributed by atoms with E-state index in [4.69, 9.17) is 0 Å². The smallest absolute Gasteiger partial charge is 0.226 e. The lowest BCUT2D eigenvalue weighted by Gasteiger charge is -2.28. The highest BCUT2D eigenvalue weighted by molar-refractivity contribution is 5.79. The summed E-state index contributed by atoms with van der Waals surface area (Å²) in [6.45, 7) is 0.0102. The molecule has 1 amide bonds. The van der Waals surface area contributed by atoms with Crippen molar-refractivity contribution < 1.29 is 14.3 Å². The molecule has 0 radical (unpaired) electrons. The zero-order valence-electron chi connectivity index (χ0n) is 13.7. The number of aliphatic hydroxyl groups excluding tert-OH is 1. The van der Waals surface area contributed by atoms with E-state index in [0.717, 1.165) is 11.1 Å². The van der Waals surface area contributed by atoms with Gasteiger partial charge < -0.3 is 10.0 Å². The van der Waals surface area contributed by atoms with E-state index < -0.39 is 0 Å². The van der Waals surface area contributed by atoms with Crippen LogP contribution in [0.1, 0.15) is 30.0 Å². The van der Waals surface area contributed by atoms with Gasteiger partial charge in [0.15, 0.2) is 0 Å². The molecule has 0 aliphatic heterocycles. The average Bonchev–Trinajstić information content (AvgIpc) is 2.60. The van der Waals surface area contributed by atoms with Crippen molar-refractivity contribution >= 4 is 12.0 Å². The highest BCUT2D eigenvalue weighted by atomic mass is 19.1. The van der Waals surface area contributed by atoms with Gasteiger partial charge in [0.25, 0.3) is 0 Å². The maximum absolute atomic E-state index is 13.1. The molecule has 126 valence electrons. The Kier molecular flexibility index (Phi) is 6.70. The molecule has 2 aromatic rings. The lowest BCUT2D eigenvalue weighted by molar-refractivity contribution is -0.131. The van der Waals surface area contributed by atoms with Crippen LogP contribution in [0, 0.1) is 5.82 Å². The van der Waals surface area contributed by atoms with Gasteiger partial charge in [-0.25, -0.2) is 4.39 Å². The summed E-state index contributed by atoms with van der Waals surface area (Å²) >= 11 is 0. The van der Waals surface area contributed by atoms with E-state index >= 15 is 0 Å². The molecule has 0 saturated carbocycles. The Balaban J connectivity index is 2.01. The molecule has 3 nitrogen and oxygen atoms in total. The van der Waals surface area contributed by atoms with E-state index in [1.54, 1.807) is 36.2 Å². The normalized spacial score (nSPS) is 12.3. The van der Waals surface area contributed by atoms with E-state index in [1.807, 2.05) is 30.3 Å². The lowest BCUT2D eigenvalue weighted by Crippen LogP contribution is -2.31. The zero-order chi connectivity index (χ0) is 17.4. The molecule has 1 atom stereocenters. The highest BCUT2D eigenvalue weighted by Crippen LogP contribution is 2.23. The highest BCUT2D eigenvalue weighted by Gasteiger charge is 2.20. The lowest BCUT2D eigenvalue weighted by atomic mass is 10.0. The second-order valence-corrected chi connectivity index (χ2v) is 5.60. The molecule has 1 unspecified atom stereocenters. The summed E-state index contributed by atoms with van der Waals surface area (Å²) in [5.74, 6) is -0.349. The molecule has 0 aromatic heterocycles. The first-order valence-corrected chi connectivity index (χ1v) is 7.95. The molecule has 0 spiro atoms. The van der Waals surface area contributed by atoms with Crippen molar-refractivity contribution in [1.82, 2.24) is 4.90 Å². The number of benzene rings is 2. The molecule has 0 saturated heterocycles. The first-order valence-electron chi connectivity index (χ1n) is 7.95. The first kappa shape index (κ1) is 17.9. The summed E-state index contributed by atoms with van der Waals surface area (Å²) in [4.78, 5) is 14.1. The van der Waals surface area contributed by atoms with Crippen LogP contribution in [0.3, 0.4) is 0 Å². The van der Waals surface area contributed by atoms with Gasteiger partial charge in [-0.2, -0.15) is 0 Å². The molecule has 0 heterocycles. The third kappa shape index (κ3) is 5.03. The second-order valence-electron chi connectivity index (χ2n) is 5.60. The van der Waals surface area contributed by atoms with Crippen molar-refractivity contribution in [3.63, 3.8) is 0 Å². The SMILES string of the molecule is CN(C(=O)C/C=C/c1cccc(F)c1)C(CCO)c1ccccc1. The molecule has 4 heteroatoms. The summed E-state index contributed by atoms with van der Waals surface area (Å²) < 4.78 is 13.1. The summed E-state index contributed by atoms with van der Waals surface area (Å²) in [5, 5.41) is 9.29. The Morgan fingerprint density at radius 3 is 2.62 bits per heavy atom. The topological polar surface area (TPSA) is 40.5 Å². The number of amides is 1. The fourth-order valence-electron chi connectivity index (χ4n) is 2.61. The van der Waals surface area contributed by atoms with Crippen LogP contribution in [0.25, 0.3) is 6.08 Å². The third-order valence-electron chi connectivity index (χ3n) is 3.90. The van der Waals surface area contributed by atoms with Gasteiger partial charge in [-0.3, -0.25) is 4.79 Å². The number of hydrogen-bond acceptors (Lipinski definition) is 2. The summed E-state index contributed by atoms with van der Waals surface area (Å²) in [6.07, 6.45) is 4.18. The Bertz CT molecular complexity index is 685. The van der Waals surface area contributed by atoms with Crippen LogP contribution in [0.2, 0.25) is 0 Å². The van der Waals surface area contributed by atoms with Gasteiger partial charge >= 0.3 is 0 Å². The van der Waals surface area contributed by atoms with Crippen LogP contribution < -0.4 is 0 Å². The number of nitrogens with zero attached hydrogens (tertiary/aromatic N) is 1. The number of hydrogen-bond donors (Lipinski definition) is 1. The van der Waals surface area contributed by atoms with Crippen LogP contribution in [0.15, 0.2) is 60.7 Å². The van der Waals surface area contributed by atoms with Crippen LogP contribution in [-0.4, -0.2) is 29.6 Å². The van der Waals surface area contributed by atoms with Crippen molar-refractivity contribution in [3.8, 4) is 0 Å². The maximum atomic E-state index is 13.1. The van der Waals surface area contributed by atoms with Gasteiger partial charge in [-0.1, -0.05) is 54.6 Å². The summed E-state index contributed by atoms with van der Waals surface area (Å²) in [7, 11) is 1.74. The molecule has 0 fully saturated rings. The molecule has 24 heavy (non-hydrogen) atoms. The van der Waals surface area contributed by atoms with Crippen molar-refractivity contribution in [2.75, 3.05) is 13.7 Å². The van der Waals surface area contributed by atoms with Crippen LogP contribution in [0.5, 0.6) is 0 Å². The average molecular weight is 327 g/mol. The quantitative estimate of drug-likeness (QED) is 0.840. The van der Waals surface area contributed by atoms with Crippen LogP contribution in [0.4, 0.5) is 4.39 Å². The molecule has 0 bridgehead atoms. The summed E-state index contributed by atoms with van der Waals surface area (Å²) in [6, 6.07) is 15.7. The van der Waals surface area contributed by atoms with Gasteiger partial charge in [0.05, 0.1) is 6.04 Å². The van der Waals surface area contributed by atoms with E-state index in [1.165, 1.54) is 12.1 Å². The Labute approximate surface area is 142 Å². The van der Waals surface area contributed by atoms with Crippen LogP contribution in [-0.2, 0) is 4.79 Å². The van der Waals surface area contributed by atoms with E-state index in [-0.39, 0.29) is 30.8 Å². The van der Waals surface area contributed by atoms with Crippen molar-refractivity contribution in [2.24, 2.45) is 0 Å². The van der Waals surface area contributed by atoms with Crippen molar-refractivity contribution in [3.05, 3.63) is 77.6 Å². The Morgan fingerprint density at radius 2 is 1.96 bits per heavy atom. The number of carbonyl (C=O) groups is 1. The van der Waals surface area contributed by atoms with Crippen molar-refractivity contribution in [1.29, 1.82) is 0 Å². The molecule has 2 rings (SSSR count). The molecular formula is C20H22FNO2. The number of rotatable bonds is 7. The molecule has 0 aliphatic carbocycles. The fraction of sp³-hybridized carbons (Fsp3) is 0.250. The van der Waals surface area contributed by atoms with Gasteiger partial charge in [0.1, 0.15) is 5.82 Å². The first-order chi connectivity index (χ1) is 11.6. The number of aliphatic hydroxyl groups is 1. The summed E-state index contributed by atoms with van der Waals surface area (Å²) in [5.41, 5.74) is 1.72. The predicted molar refractivity (Wildman–Crippen MR) is 93.7 cm³/mol. The van der Waals surface area contributed by atoms with Gasteiger partial charge in [-0.05, 0) is 29.7 Å². The molecule has 2 aromatic carbocycles. The number of halogens is 1. The Hall–Kier alpha value is -2.46. The molecule has 1 N–H and O–H groups in total. The predicted octanol–water partition coefficient (Wildman–Crippen LogP) is 3.81. The monoisotopic (exact) mass is 327 g/mol. The van der Waals surface area contributed by atoms with E-state index in [2.05, 4.69) is 0 Å². The third-order valence-corrected chi connectivity index (χ3v) is 3.90.